The maximum Gasteiger partial charge on any atom is 0.342 e. The summed E-state index contributed by atoms with van der Waals surface area (Å²) in [6.45, 7) is 9.29. The van der Waals surface area contributed by atoms with Gasteiger partial charge in [0.25, 0.3) is 5.91 Å². The predicted octanol–water partition coefficient (Wildman–Crippen LogP) is 4.72. The maximum absolute atomic E-state index is 12.7. The van der Waals surface area contributed by atoms with Crippen LogP contribution in [0.3, 0.4) is 0 Å². The number of aromatic nitrogens is 2. The Morgan fingerprint density at radius 3 is 2.40 bits per heavy atom. The topological polar surface area (TPSA) is 73.2 Å². The Labute approximate surface area is 176 Å². The van der Waals surface area contributed by atoms with Gasteiger partial charge in [0.05, 0.1) is 17.1 Å². The molecule has 0 fully saturated rings. The second-order valence-electron chi connectivity index (χ2n) is 7.61. The summed E-state index contributed by atoms with van der Waals surface area (Å²) in [5, 5.41) is 7.34. The fraction of sp³-hybridized carbons (Fsp3) is 0.292. The van der Waals surface area contributed by atoms with E-state index in [0.717, 1.165) is 22.5 Å². The molecule has 0 radical (unpaired) electrons. The van der Waals surface area contributed by atoms with E-state index < -0.39 is 5.97 Å². The first-order valence-corrected chi connectivity index (χ1v) is 9.97. The van der Waals surface area contributed by atoms with Gasteiger partial charge in [0, 0.05) is 5.69 Å². The Kier molecular flexibility index (Phi) is 6.35. The van der Waals surface area contributed by atoms with E-state index in [1.54, 1.807) is 11.6 Å². The van der Waals surface area contributed by atoms with Gasteiger partial charge in [-0.3, -0.25) is 4.79 Å². The SMILES string of the molecule is Cc1cccc(C(C)C)c1NC(=O)COC(=O)c1c(C)nn(-c2ccccc2)c1C. The van der Waals surface area contributed by atoms with Crippen molar-refractivity contribution in [1.82, 2.24) is 9.78 Å². The minimum atomic E-state index is -0.559. The average molecular weight is 405 g/mol. The third-order valence-electron chi connectivity index (χ3n) is 5.02. The zero-order valence-corrected chi connectivity index (χ0v) is 18.0. The highest BCUT2D eigenvalue weighted by atomic mass is 16.5. The van der Waals surface area contributed by atoms with E-state index >= 15 is 0 Å². The van der Waals surface area contributed by atoms with Gasteiger partial charge in [0.1, 0.15) is 5.56 Å². The molecule has 6 heteroatoms. The van der Waals surface area contributed by atoms with Gasteiger partial charge in [-0.1, -0.05) is 50.2 Å². The van der Waals surface area contributed by atoms with Gasteiger partial charge in [-0.15, -0.1) is 0 Å². The zero-order chi connectivity index (χ0) is 21.8. The quantitative estimate of drug-likeness (QED) is 0.603. The number of nitrogens with zero attached hydrogens (tertiary/aromatic N) is 2. The lowest BCUT2D eigenvalue weighted by atomic mass is 9.98. The number of anilines is 1. The van der Waals surface area contributed by atoms with Crippen molar-refractivity contribution < 1.29 is 14.3 Å². The number of aryl methyl sites for hydroxylation is 2. The van der Waals surface area contributed by atoms with Crippen LogP contribution in [-0.4, -0.2) is 28.3 Å². The molecule has 156 valence electrons. The molecule has 1 amide bonds. The molecular formula is C24H27N3O3. The summed E-state index contributed by atoms with van der Waals surface area (Å²) < 4.78 is 7.01. The molecule has 0 unspecified atom stereocenters. The first-order chi connectivity index (χ1) is 14.3. The van der Waals surface area contributed by atoms with Crippen molar-refractivity contribution in [3.05, 3.63) is 76.6 Å². The third kappa shape index (κ3) is 4.43. The van der Waals surface area contributed by atoms with E-state index in [9.17, 15) is 9.59 Å². The normalized spacial score (nSPS) is 10.9. The molecule has 3 aromatic rings. The number of amides is 1. The zero-order valence-electron chi connectivity index (χ0n) is 18.0. The summed E-state index contributed by atoms with van der Waals surface area (Å²) in [6.07, 6.45) is 0. The number of nitrogens with one attached hydrogen (secondary N) is 1. The third-order valence-corrected chi connectivity index (χ3v) is 5.02. The smallest absolute Gasteiger partial charge is 0.342 e. The summed E-state index contributed by atoms with van der Waals surface area (Å²) in [5.74, 6) is -0.668. The minimum Gasteiger partial charge on any atom is -0.452 e. The van der Waals surface area contributed by atoms with Gasteiger partial charge in [0.2, 0.25) is 0 Å². The lowest BCUT2D eigenvalue weighted by Gasteiger charge is -2.16. The fourth-order valence-corrected chi connectivity index (χ4v) is 3.48. The molecule has 0 aliphatic heterocycles. The largest absolute Gasteiger partial charge is 0.452 e. The van der Waals surface area contributed by atoms with Crippen molar-refractivity contribution >= 4 is 17.6 Å². The Morgan fingerprint density at radius 1 is 1.03 bits per heavy atom. The molecule has 30 heavy (non-hydrogen) atoms. The second kappa shape index (κ2) is 8.95. The van der Waals surface area contributed by atoms with E-state index in [1.165, 1.54) is 0 Å². The molecule has 0 aliphatic rings. The Bertz CT molecular complexity index is 1070. The van der Waals surface area contributed by atoms with E-state index in [1.807, 2.05) is 62.4 Å². The van der Waals surface area contributed by atoms with Gasteiger partial charge in [-0.2, -0.15) is 5.10 Å². The molecule has 1 heterocycles. The average Bonchev–Trinajstić information content (AvgIpc) is 3.02. The molecule has 3 rings (SSSR count). The lowest BCUT2D eigenvalue weighted by molar-refractivity contribution is -0.119. The van der Waals surface area contributed by atoms with Gasteiger partial charge in [0.15, 0.2) is 6.61 Å². The van der Waals surface area contributed by atoms with Crippen LogP contribution in [0.15, 0.2) is 48.5 Å². The molecule has 0 aliphatic carbocycles. The number of carbonyl (C=O) groups excluding carboxylic acids is 2. The molecule has 0 saturated carbocycles. The van der Waals surface area contributed by atoms with Crippen LogP contribution in [0.5, 0.6) is 0 Å². The lowest BCUT2D eigenvalue weighted by Crippen LogP contribution is -2.22. The molecular weight excluding hydrogens is 378 g/mol. The summed E-state index contributed by atoms with van der Waals surface area (Å²) in [5.41, 5.74) is 5.26. The highest BCUT2D eigenvalue weighted by Gasteiger charge is 2.22. The highest BCUT2D eigenvalue weighted by Crippen LogP contribution is 2.27. The molecule has 0 saturated heterocycles. The number of benzene rings is 2. The first kappa shape index (κ1) is 21.3. The predicted molar refractivity (Wildman–Crippen MR) is 117 cm³/mol. The second-order valence-corrected chi connectivity index (χ2v) is 7.61. The van der Waals surface area contributed by atoms with Crippen molar-refractivity contribution in [1.29, 1.82) is 0 Å². The molecule has 0 bridgehead atoms. The van der Waals surface area contributed by atoms with Gasteiger partial charge >= 0.3 is 5.97 Å². The Morgan fingerprint density at radius 2 is 1.73 bits per heavy atom. The van der Waals surface area contributed by atoms with Crippen LogP contribution in [0.4, 0.5) is 5.69 Å². The summed E-state index contributed by atoms with van der Waals surface area (Å²) in [7, 11) is 0. The number of hydrogen-bond donors (Lipinski definition) is 1. The number of carbonyl (C=O) groups is 2. The molecule has 0 spiro atoms. The highest BCUT2D eigenvalue weighted by molar-refractivity contribution is 5.97. The molecule has 1 aromatic heterocycles. The standard InChI is InChI=1S/C24H27N3O3/c1-15(2)20-13-9-10-16(3)23(20)25-21(28)14-30-24(29)22-17(4)26-27(18(22)5)19-11-7-6-8-12-19/h6-13,15H,14H2,1-5H3,(H,25,28). The van der Waals surface area contributed by atoms with Crippen LogP contribution in [0.25, 0.3) is 5.69 Å². The minimum absolute atomic E-state index is 0.261. The molecule has 1 N–H and O–H groups in total. The number of hydrogen-bond acceptors (Lipinski definition) is 4. The number of esters is 1. The summed E-state index contributed by atoms with van der Waals surface area (Å²) >= 11 is 0. The Balaban J connectivity index is 1.71. The maximum atomic E-state index is 12.7. The number of rotatable bonds is 6. The van der Waals surface area contributed by atoms with Crippen LogP contribution in [0, 0.1) is 20.8 Å². The van der Waals surface area contributed by atoms with Crippen LogP contribution in [0.2, 0.25) is 0 Å². The van der Waals surface area contributed by atoms with Gasteiger partial charge < -0.3 is 10.1 Å². The number of ether oxygens (including phenoxy) is 1. The summed E-state index contributed by atoms with van der Waals surface area (Å²) in [6, 6.07) is 15.5. The van der Waals surface area contributed by atoms with Gasteiger partial charge in [-0.05, 0) is 49.9 Å². The van der Waals surface area contributed by atoms with E-state index in [4.69, 9.17) is 4.74 Å². The number of para-hydroxylation sites is 2. The molecule has 6 nitrogen and oxygen atoms in total. The summed E-state index contributed by atoms with van der Waals surface area (Å²) in [4.78, 5) is 25.1. The molecule has 2 aromatic carbocycles. The van der Waals surface area contributed by atoms with Crippen LogP contribution >= 0.6 is 0 Å². The first-order valence-electron chi connectivity index (χ1n) is 9.97. The van der Waals surface area contributed by atoms with Crippen LogP contribution in [0.1, 0.15) is 52.6 Å². The van der Waals surface area contributed by atoms with Crippen LogP contribution in [-0.2, 0) is 9.53 Å². The van der Waals surface area contributed by atoms with E-state index in [-0.39, 0.29) is 18.4 Å². The molecule has 0 atom stereocenters. The van der Waals surface area contributed by atoms with Gasteiger partial charge in [-0.25, -0.2) is 9.48 Å². The van der Waals surface area contributed by atoms with E-state index in [2.05, 4.69) is 24.3 Å². The van der Waals surface area contributed by atoms with Crippen LogP contribution < -0.4 is 5.32 Å². The van der Waals surface area contributed by atoms with Crippen molar-refractivity contribution in [3.63, 3.8) is 0 Å². The van der Waals surface area contributed by atoms with E-state index in [0.29, 0.717) is 17.0 Å². The van der Waals surface area contributed by atoms with Crippen molar-refractivity contribution in [2.45, 2.75) is 40.5 Å². The Hall–Kier alpha value is -3.41. The fourth-order valence-electron chi connectivity index (χ4n) is 3.48. The van der Waals surface area contributed by atoms with Crippen molar-refractivity contribution in [2.24, 2.45) is 0 Å². The van der Waals surface area contributed by atoms with Crippen molar-refractivity contribution in [2.75, 3.05) is 11.9 Å². The van der Waals surface area contributed by atoms with Crippen molar-refractivity contribution in [3.8, 4) is 5.69 Å². The monoisotopic (exact) mass is 405 g/mol.